The molecule has 1 atom stereocenters. The van der Waals surface area contributed by atoms with Crippen LogP contribution in [0.1, 0.15) is 31.1 Å². The van der Waals surface area contributed by atoms with Gasteiger partial charge in [-0.25, -0.2) is 14.6 Å². The van der Waals surface area contributed by atoms with Gasteiger partial charge in [-0.15, -0.1) is 0 Å². The van der Waals surface area contributed by atoms with Crippen LogP contribution in [0.3, 0.4) is 0 Å². The molecule has 158 valence electrons. The van der Waals surface area contributed by atoms with Gasteiger partial charge in [0.05, 0.1) is 10.8 Å². The quantitative estimate of drug-likeness (QED) is 0.484. The first-order valence-corrected chi connectivity index (χ1v) is 10.2. The molecule has 2 aromatic heterocycles. The van der Waals surface area contributed by atoms with Crippen LogP contribution in [-0.4, -0.2) is 41.3 Å². The van der Waals surface area contributed by atoms with Crippen LogP contribution in [0.25, 0.3) is 11.2 Å². The number of aromatic carboxylic acids is 1. The van der Waals surface area contributed by atoms with E-state index in [9.17, 15) is 19.2 Å². The van der Waals surface area contributed by atoms with Crippen LogP contribution in [0.4, 0.5) is 5.69 Å². The van der Waals surface area contributed by atoms with E-state index in [4.69, 9.17) is 5.11 Å². The van der Waals surface area contributed by atoms with Crippen molar-refractivity contribution in [3.63, 3.8) is 0 Å². The standard InChI is InChI=1S/C19H21N5O5S/c1-4-23-14-13(16(26)24(5-2)19(23)29)21-18(22-14)30-10(3)15(25)20-12-8-6-11(7-9-12)17(27)28/h6-10H,4-5H2,1-3H3,(H,20,25)(H,21,22)(H,27,28). The van der Waals surface area contributed by atoms with E-state index < -0.39 is 22.5 Å². The van der Waals surface area contributed by atoms with E-state index in [2.05, 4.69) is 15.3 Å². The van der Waals surface area contributed by atoms with Gasteiger partial charge in [0.2, 0.25) is 5.91 Å². The number of carbonyl (C=O) groups is 2. The molecule has 1 aromatic carbocycles. The molecule has 3 rings (SSSR count). The average molecular weight is 431 g/mol. The summed E-state index contributed by atoms with van der Waals surface area (Å²) in [5.74, 6) is -1.36. The minimum absolute atomic E-state index is 0.123. The number of H-pyrrole nitrogens is 1. The first-order valence-electron chi connectivity index (χ1n) is 9.31. The molecule has 3 N–H and O–H groups in total. The highest BCUT2D eigenvalue weighted by molar-refractivity contribution is 8.00. The molecular weight excluding hydrogens is 410 g/mol. The van der Waals surface area contributed by atoms with Gasteiger partial charge in [-0.05, 0) is 45.0 Å². The van der Waals surface area contributed by atoms with Crippen LogP contribution in [0, 0.1) is 0 Å². The number of fused-ring (bicyclic) bond motifs is 1. The molecule has 0 saturated heterocycles. The normalized spacial score (nSPS) is 12.1. The Kier molecular flexibility index (Phi) is 6.11. The number of hydrogen-bond donors (Lipinski definition) is 3. The summed E-state index contributed by atoms with van der Waals surface area (Å²) in [6.07, 6.45) is 0. The van der Waals surface area contributed by atoms with Gasteiger partial charge < -0.3 is 15.4 Å². The van der Waals surface area contributed by atoms with Gasteiger partial charge >= 0.3 is 11.7 Å². The molecule has 2 heterocycles. The van der Waals surface area contributed by atoms with Crippen molar-refractivity contribution in [1.82, 2.24) is 19.1 Å². The third kappa shape index (κ3) is 4.01. The largest absolute Gasteiger partial charge is 0.478 e. The Morgan fingerprint density at radius 3 is 2.37 bits per heavy atom. The third-order valence-corrected chi connectivity index (χ3v) is 5.51. The zero-order valence-electron chi connectivity index (χ0n) is 16.6. The van der Waals surface area contributed by atoms with E-state index in [1.165, 1.54) is 28.8 Å². The Hall–Kier alpha value is -3.34. The lowest BCUT2D eigenvalue weighted by atomic mass is 10.2. The number of carbonyl (C=O) groups excluding carboxylic acids is 1. The molecule has 0 aliphatic rings. The van der Waals surface area contributed by atoms with E-state index in [1.54, 1.807) is 20.8 Å². The summed E-state index contributed by atoms with van der Waals surface area (Å²) in [6, 6.07) is 5.82. The molecule has 0 fully saturated rings. The zero-order chi connectivity index (χ0) is 22.0. The van der Waals surface area contributed by atoms with Gasteiger partial charge in [-0.1, -0.05) is 11.8 Å². The van der Waals surface area contributed by atoms with Crippen molar-refractivity contribution in [2.24, 2.45) is 0 Å². The number of thioether (sulfide) groups is 1. The number of anilines is 1. The van der Waals surface area contributed by atoms with Crippen LogP contribution in [-0.2, 0) is 17.9 Å². The molecule has 0 aliphatic carbocycles. The topological polar surface area (TPSA) is 139 Å². The molecule has 10 nitrogen and oxygen atoms in total. The second-order valence-corrected chi connectivity index (χ2v) is 7.78. The van der Waals surface area contributed by atoms with Gasteiger partial charge in [0, 0.05) is 18.8 Å². The number of amides is 1. The molecule has 0 spiro atoms. The Morgan fingerprint density at radius 1 is 1.17 bits per heavy atom. The van der Waals surface area contributed by atoms with Crippen LogP contribution in [0.5, 0.6) is 0 Å². The molecule has 30 heavy (non-hydrogen) atoms. The van der Waals surface area contributed by atoms with Crippen molar-refractivity contribution in [2.45, 2.75) is 44.3 Å². The Labute approximate surface area is 174 Å². The molecule has 3 aromatic rings. The highest BCUT2D eigenvalue weighted by Crippen LogP contribution is 2.23. The average Bonchev–Trinajstić information content (AvgIpc) is 3.12. The number of benzene rings is 1. The SMILES string of the molecule is CCn1c(=O)c2[nH]c(SC(C)C(=O)Nc3ccc(C(=O)O)cc3)nc2n(CC)c1=O. The van der Waals surface area contributed by atoms with E-state index in [-0.39, 0.29) is 29.2 Å². The maximum atomic E-state index is 12.5. The summed E-state index contributed by atoms with van der Waals surface area (Å²) < 4.78 is 2.55. The first kappa shape index (κ1) is 21.4. The molecule has 0 aliphatic heterocycles. The van der Waals surface area contributed by atoms with Gasteiger partial charge in [0.25, 0.3) is 5.56 Å². The minimum Gasteiger partial charge on any atom is -0.478 e. The van der Waals surface area contributed by atoms with Gasteiger partial charge in [0.1, 0.15) is 0 Å². The van der Waals surface area contributed by atoms with Crippen molar-refractivity contribution in [2.75, 3.05) is 5.32 Å². The fraction of sp³-hybridized carbons (Fsp3) is 0.316. The third-order valence-electron chi connectivity index (χ3n) is 4.53. The monoisotopic (exact) mass is 431 g/mol. The Morgan fingerprint density at radius 2 is 1.80 bits per heavy atom. The van der Waals surface area contributed by atoms with Crippen molar-refractivity contribution in [1.29, 1.82) is 0 Å². The number of nitrogens with zero attached hydrogens (tertiary/aromatic N) is 3. The molecule has 11 heteroatoms. The number of nitrogens with one attached hydrogen (secondary N) is 2. The van der Waals surface area contributed by atoms with Crippen molar-refractivity contribution < 1.29 is 14.7 Å². The lowest BCUT2D eigenvalue weighted by Crippen LogP contribution is -2.39. The Bertz CT molecular complexity index is 1230. The maximum absolute atomic E-state index is 12.5. The number of carboxylic acids is 1. The van der Waals surface area contributed by atoms with Gasteiger partial charge in [0.15, 0.2) is 16.3 Å². The van der Waals surface area contributed by atoms with Crippen LogP contribution in [0.15, 0.2) is 39.0 Å². The van der Waals surface area contributed by atoms with Crippen LogP contribution >= 0.6 is 11.8 Å². The second kappa shape index (κ2) is 8.57. The minimum atomic E-state index is -1.05. The number of rotatable bonds is 7. The number of hydrogen-bond acceptors (Lipinski definition) is 6. The lowest BCUT2D eigenvalue weighted by molar-refractivity contribution is -0.115. The van der Waals surface area contributed by atoms with E-state index in [0.29, 0.717) is 17.4 Å². The van der Waals surface area contributed by atoms with Crippen LogP contribution in [0.2, 0.25) is 0 Å². The predicted molar refractivity (Wildman–Crippen MR) is 113 cm³/mol. The number of aromatic nitrogens is 4. The molecule has 0 bridgehead atoms. The van der Waals surface area contributed by atoms with Crippen LogP contribution < -0.4 is 16.6 Å². The molecule has 0 radical (unpaired) electrons. The van der Waals surface area contributed by atoms with Gasteiger partial charge in [-0.2, -0.15) is 0 Å². The van der Waals surface area contributed by atoms with Gasteiger partial charge in [-0.3, -0.25) is 18.7 Å². The smallest absolute Gasteiger partial charge is 0.335 e. The van der Waals surface area contributed by atoms with E-state index in [1.807, 2.05) is 0 Å². The summed E-state index contributed by atoms with van der Waals surface area (Å²) in [5, 5.41) is 11.4. The number of aromatic amines is 1. The summed E-state index contributed by atoms with van der Waals surface area (Å²) in [5.41, 5.74) is 0.202. The highest BCUT2D eigenvalue weighted by Gasteiger charge is 2.20. The molecule has 1 unspecified atom stereocenters. The predicted octanol–water partition coefficient (Wildman–Crippen LogP) is 1.74. The summed E-state index contributed by atoms with van der Waals surface area (Å²) in [4.78, 5) is 55.7. The zero-order valence-corrected chi connectivity index (χ0v) is 17.4. The second-order valence-electron chi connectivity index (χ2n) is 6.45. The molecule has 0 saturated carbocycles. The number of aryl methyl sites for hydroxylation is 1. The van der Waals surface area contributed by atoms with E-state index >= 15 is 0 Å². The number of imidazole rings is 1. The Balaban J connectivity index is 1.82. The molecule has 1 amide bonds. The number of carboxylic acid groups (broad SMARTS) is 1. The van der Waals surface area contributed by atoms with E-state index in [0.717, 1.165) is 16.3 Å². The first-order chi connectivity index (χ1) is 14.3. The van der Waals surface area contributed by atoms with Crippen molar-refractivity contribution in [3.05, 3.63) is 50.7 Å². The fourth-order valence-electron chi connectivity index (χ4n) is 2.93. The molecular formula is C19H21N5O5S. The summed E-state index contributed by atoms with van der Waals surface area (Å²) in [6.45, 7) is 5.78. The lowest BCUT2D eigenvalue weighted by Gasteiger charge is -2.10. The van der Waals surface area contributed by atoms with Crippen molar-refractivity contribution >= 4 is 40.5 Å². The summed E-state index contributed by atoms with van der Waals surface area (Å²) >= 11 is 1.12. The van der Waals surface area contributed by atoms with Crippen molar-refractivity contribution in [3.8, 4) is 0 Å². The maximum Gasteiger partial charge on any atom is 0.335 e. The fourth-order valence-corrected chi connectivity index (χ4v) is 3.73. The summed E-state index contributed by atoms with van der Waals surface area (Å²) in [7, 11) is 0. The highest BCUT2D eigenvalue weighted by atomic mass is 32.2.